The Kier molecular flexibility index (Phi) is 18.8. The van der Waals surface area contributed by atoms with E-state index in [9.17, 15) is 4.79 Å². The summed E-state index contributed by atoms with van der Waals surface area (Å²) in [6.45, 7) is 1.74. The molecule has 246 valence electrons. The summed E-state index contributed by atoms with van der Waals surface area (Å²) in [5, 5.41) is 0. The summed E-state index contributed by atoms with van der Waals surface area (Å²) in [6, 6.07) is 19.2. The van der Waals surface area contributed by atoms with Gasteiger partial charge in [0.1, 0.15) is 0 Å². The molecule has 0 heterocycles. The quantitative estimate of drug-likeness (QED) is 0.0521. The van der Waals surface area contributed by atoms with Crippen LogP contribution in [0.2, 0.25) is 0 Å². The van der Waals surface area contributed by atoms with Crippen LogP contribution in [0.15, 0.2) is 65.1 Å². The lowest BCUT2D eigenvalue weighted by Crippen LogP contribution is -2.07. The number of alkyl halides is 3. The lowest BCUT2D eigenvalue weighted by molar-refractivity contribution is 0.103. The number of hydrogen-bond acceptors (Lipinski definition) is 4. The molecule has 0 radical (unpaired) electrons. The Morgan fingerprint density at radius 1 is 0.511 bits per heavy atom. The van der Waals surface area contributed by atoms with Gasteiger partial charge in [0.2, 0.25) is 5.75 Å². The predicted molar refractivity (Wildman–Crippen MR) is 194 cm³/mol. The third-order valence-corrected chi connectivity index (χ3v) is 8.78. The summed E-state index contributed by atoms with van der Waals surface area (Å²) in [5.41, 5.74) is 3.20. The Balaban J connectivity index is 1.85. The van der Waals surface area contributed by atoms with Gasteiger partial charge in [-0.1, -0.05) is 78.7 Å². The number of rotatable bonds is 24. The minimum atomic E-state index is -0.0137. The van der Waals surface area contributed by atoms with E-state index in [0.29, 0.717) is 65.8 Å². The normalized spacial score (nSPS) is 11.0. The van der Waals surface area contributed by atoms with Crippen molar-refractivity contribution in [2.24, 2.45) is 0 Å². The van der Waals surface area contributed by atoms with Crippen LogP contribution in [-0.2, 0) is 0 Å². The van der Waals surface area contributed by atoms with Gasteiger partial charge in [-0.05, 0) is 86.1 Å². The first-order valence-corrected chi connectivity index (χ1v) is 18.6. The highest BCUT2D eigenvalue weighted by molar-refractivity contribution is 9.10. The molecule has 3 rings (SSSR count). The highest BCUT2D eigenvalue weighted by Gasteiger charge is 2.18. The molecule has 0 atom stereocenters. The van der Waals surface area contributed by atoms with E-state index in [1.807, 2.05) is 60.7 Å². The van der Waals surface area contributed by atoms with Crippen LogP contribution in [0.5, 0.6) is 17.2 Å². The van der Waals surface area contributed by atoms with Crippen LogP contribution in [-0.4, -0.2) is 43.2 Å². The maximum Gasteiger partial charge on any atom is 0.203 e. The molecular formula is C37H46BrCl3O4. The van der Waals surface area contributed by atoms with E-state index in [2.05, 4.69) is 15.9 Å². The van der Waals surface area contributed by atoms with Crippen molar-refractivity contribution in [2.45, 2.75) is 77.0 Å². The molecule has 0 bridgehead atoms. The summed E-state index contributed by atoms with van der Waals surface area (Å²) >= 11 is 21.0. The number of unbranched alkanes of at least 4 members (excludes halogenated alkanes) is 9. The van der Waals surface area contributed by atoms with E-state index < -0.39 is 0 Å². The van der Waals surface area contributed by atoms with Crippen LogP contribution in [0, 0.1) is 0 Å². The zero-order valence-corrected chi connectivity index (χ0v) is 30.0. The van der Waals surface area contributed by atoms with Crippen LogP contribution in [0.25, 0.3) is 11.1 Å². The van der Waals surface area contributed by atoms with E-state index in [1.54, 1.807) is 0 Å². The van der Waals surface area contributed by atoms with Gasteiger partial charge in [0.05, 0.1) is 19.8 Å². The molecule has 0 spiro atoms. The molecule has 8 heteroatoms. The summed E-state index contributed by atoms with van der Waals surface area (Å²) < 4.78 is 20.1. The van der Waals surface area contributed by atoms with Crippen LogP contribution < -0.4 is 14.2 Å². The van der Waals surface area contributed by atoms with Crippen LogP contribution in [0.3, 0.4) is 0 Å². The van der Waals surface area contributed by atoms with Gasteiger partial charge < -0.3 is 14.2 Å². The van der Waals surface area contributed by atoms with E-state index in [4.69, 9.17) is 49.0 Å². The van der Waals surface area contributed by atoms with E-state index in [1.165, 1.54) is 0 Å². The van der Waals surface area contributed by atoms with Crippen molar-refractivity contribution in [3.63, 3.8) is 0 Å². The number of carbonyl (C=O) groups excluding carboxylic acids is 1. The van der Waals surface area contributed by atoms with Gasteiger partial charge in [-0.15, -0.1) is 34.8 Å². The zero-order chi connectivity index (χ0) is 32.1. The molecule has 0 amide bonds. The smallest absolute Gasteiger partial charge is 0.203 e. The first kappa shape index (κ1) is 37.5. The first-order valence-electron chi connectivity index (χ1n) is 16.2. The molecule has 3 aromatic rings. The van der Waals surface area contributed by atoms with Crippen LogP contribution in [0.1, 0.15) is 93.0 Å². The van der Waals surface area contributed by atoms with Gasteiger partial charge in [0.25, 0.3) is 0 Å². The highest BCUT2D eigenvalue weighted by Crippen LogP contribution is 2.42. The van der Waals surface area contributed by atoms with Crippen LogP contribution >= 0.6 is 50.7 Å². The SMILES string of the molecule is O=C(c1ccc(Br)cc1)c1ccc(-c2cc(OCCCCCCCl)c(OCCCCCCCl)c(OCCCCCCCl)c2)cc1. The number of halogens is 4. The molecule has 0 unspecified atom stereocenters. The Morgan fingerprint density at radius 2 is 0.911 bits per heavy atom. The first-order chi connectivity index (χ1) is 22.1. The Morgan fingerprint density at radius 3 is 1.36 bits per heavy atom. The van der Waals surface area contributed by atoms with Crippen molar-refractivity contribution in [3.05, 3.63) is 76.3 Å². The molecule has 0 N–H and O–H groups in total. The number of ketones is 1. The molecule has 0 aliphatic carbocycles. The molecule has 4 nitrogen and oxygen atoms in total. The van der Waals surface area contributed by atoms with Crippen molar-refractivity contribution in [1.29, 1.82) is 0 Å². The van der Waals surface area contributed by atoms with Gasteiger partial charge in [-0.25, -0.2) is 0 Å². The maximum atomic E-state index is 13.1. The van der Waals surface area contributed by atoms with Gasteiger partial charge >= 0.3 is 0 Å². The fourth-order valence-electron chi connectivity index (χ4n) is 4.87. The van der Waals surface area contributed by atoms with Crippen molar-refractivity contribution < 1.29 is 19.0 Å². The second-order valence-corrected chi connectivity index (χ2v) is 13.1. The van der Waals surface area contributed by atoms with Gasteiger partial charge in [0, 0.05) is 33.2 Å². The molecular weight excluding hydrogens is 695 g/mol. The maximum absolute atomic E-state index is 13.1. The third-order valence-electron chi connectivity index (χ3n) is 7.45. The molecule has 0 aromatic heterocycles. The summed E-state index contributed by atoms with van der Waals surface area (Å²) in [4.78, 5) is 13.1. The molecule has 0 saturated heterocycles. The average Bonchev–Trinajstić information content (AvgIpc) is 3.06. The molecule has 0 saturated carbocycles. The molecule has 0 fully saturated rings. The second kappa shape index (κ2) is 22.6. The minimum Gasteiger partial charge on any atom is -0.490 e. The van der Waals surface area contributed by atoms with Crippen molar-refractivity contribution >= 4 is 56.5 Å². The fraction of sp³-hybridized carbons (Fsp3) is 0.486. The number of hydrogen-bond donors (Lipinski definition) is 0. The third kappa shape index (κ3) is 13.8. The molecule has 0 aliphatic rings. The Hall–Kier alpha value is -1.92. The Labute approximate surface area is 293 Å². The summed E-state index contributed by atoms with van der Waals surface area (Å²) in [5.74, 6) is 4.06. The monoisotopic (exact) mass is 738 g/mol. The number of ether oxygens (including phenoxy) is 3. The Bertz CT molecular complexity index is 1210. The highest BCUT2D eigenvalue weighted by atomic mass is 79.9. The summed E-state index contributed by atoms with van der Waals surface area (Å²) in [6.07, 6.45) is 12.3. The van der Waals surface area contributed by atoms with E-state index in [0.717, 1.165) is 92.6 Å². The topological polar surface area (TPSA) is 44.8 Å². The lowest BCUT2D eigenvalue weighted by Gasteiger charge is -2.19. The summed E-state index contributed by atoms with van der Waals surface area (Å²) in [7, 11) is 0. The predicted octanol–water partition coefficient (Wildman–Crippen LogP) is 11.9. The van der Waals surface area contributed by atoms with E-state index >= 15 is 0 Å². The zero-order valence-electron chi connectivity index (χ0n) is 26.1. The molecule has 0 aliphatic heterocycles. The van der Waals surface area contributed by atoms with Gasteiger partial charge in [0.15, 0.2) is 17.3 Å². The van der Waals surface area contributed by atoms with Crippen molar-refractivity contribution in [2.75, 3.05) is 37.5 Å². The largest absolute Gasteiger partial charge is 0.490 e. The van der Waals surface area contributed by atoms with Crippen molar-refractivity contribution in [3.8, 4) is 28.4 Å². The van der Waals surface area contributed by atoms with E-state index in [-0.39, 0.29) is 5.78 Å². The number of carbonyl (C=O) groups is 1. The lowest BCUT2D eigenvalue weighted by atomic mass is 9.99. The number of benzene rings is 3. The van der Waals surface area contributed by atoms with Crippen LogP contribution in [0.4, 0.5) is 0 Å². The molecule has 3 aromatic carbocycles. The standard InChI is InChI=1S/C37H46BrCl3O4/c38-33-19-17-31(18-20-33)36(42)30-15-13-29(14-16-30)32-27-34(43-24-10-4-1-7-21-39)37(45-26-12-6-3-9-23-41)35(28-32)44-25-11-5-2-8-22-40/h13-20,27-28H,1-12,21-26H2. The molecule has 45 heavy (non-hydrogen) atoms. The fourth-order valence-corrected chi connectivity index (χ4v) is 5.70. The van der Waals surface area contributed by atoms with Gasteiger partial charge in [-0.2, -0.15) is 0 Å². The average molecular weight is 741 g/mol. The van der Waals surface area contributed by atoms with Crippen molar-refractivity contribution in [1.82, 2.24) is 0 Å². The van der Waals surface area contributed by atoms with Gasteiger partial charge in [-0.3, -0.25) is 4.79 Å². The second-order valence-electron chi connectivity index (χ2n) is 11.1. The minimum absolute atomic E-state index is 0.0137.